The minimum absolute atomic E-state index is 0.0157. The molecule has 0 saturated carbocycles. The minimum Gasteiger partial charge on any atom is -0.342 e. The molecule has 0 spiro atoms. The predicted octanol–water partition coefficient (Wildman–Crippen LogP) is 2.49. The summed E-state index contributed by atoms with van der Waals surface area (Å²) in [5.74, 6) is -2.60. The highest BCUT2D eigenvalue weighted by atomic mass is 35.5. The van der Waals surface area contributed by atoms with E-state index in [0.717, 1.165) is 23.5 Å². The number of aromatic nitrogens is 4. The van der Waals surface area contributed by atoms with Gasteiger partial charge in [0.15, 0.2) is 27.3 Å². The van der Waals surface area contributed by atoms with E-state index >= 15 is 0 Å². The van der Waals surface area contributed by atoms with Crippen LogP contribution in [0, 0.1) is 11.6 Å². The van der Waals surface area contributed by atoms with Crippen molar-refractivity contribution < 1.29 is 22.0 Å². The number of nitrogens with one attached hydrogen (secondary N) is 1. The molecule has 2 heterocycles. The van der Waals surface area contributed by atoms with Gasteiger partial charge in [0.05, 0.1) is 17.1 Å². The monoisotopic (exact) mass is 441 g/mol. The molecule has 0 unspecified atom stereocenters. The van der Waals surface area contributed by atoms with Crippen molar-refractivity contribution in [3.05, 3.63) is 64.8 Å². The molecule has 8 nitrogen and oxygen atoms in total. The van der Waals surface area contributed by atoms with E-state index in [1.54, 1.807) is 6.92 Å². The van der Waals surface area contributed by atoms with Crippen LogP contribution in [0.25, 0.3) is 5.82 Å². The number of nitrogens with zero attached hydrogens (tertiary/aromatic N) is 4. The Morgan fingerprint density at radius 2 is 1.93 bits per heavy atom. The summed E-state index contributed by atoms with van der Waals surface area (Å²) in [4.78, 5) is 20.1. The Morgan fingerprint density at radius 3 is 2.59 bits per heavy atom. The van der Waals surface area contributed by atoms with Crippen molar-refractivity contribution in [2.75, 3.05) is 6.26 Å². The Kier molecular flexibility index (Phi) is 5.62. The van der Waals surface area contributed by atoms with Crippen LogP contribution in [0.2, 0.25) is 5.02 Å². The number of halogens is 3. The zero-order chi connectivity index (χ0) is 21.3. The van der Waals surface area contributed by atoms with Crippen molar-refractivity contribution in [2.24, 2.45) is 0 Å². The number of hydrogen-bond acceptors (Lipinski definition) is 6. The van der Waals surface area contributed by atoms with Gasteiger partial charge in [0, 0.05) is 22.9 Å². The number of hydrogen-bond donors (Lipinski definition) is 1. The van der Waals surface area contributed by atoms with E-state index in [-0.39, 0.29) is 27.1 Å². The van der Waals surface area contributed by atoms with Crippen LogP contribution < -0.4 is 5.32 Å². The summed E-state index contributed by atoms with van der Waals surface area (Å²) in [5, 5.41) is 6.55. The van der Waals surface area contributed by atoms with Crippen LogP contribution in [0.5, 0.6) is 0 Å². The molecule has 29 heavy (non-hydrogen) atoms. The van der Waals surface area contributed by atoms with Gasteiger partial charge in [-0.25, -0.2) is 27.2 Å². The van der Waals surface area contributed by atoms with E-state index in [4.69, 9.17) is 11.6 Å². The third-order valence-electron chi connectivity index (χ3n) is 3.86. The molecule has 152 valence electrons. The first kappa shape index (κ1) is 20.8. The number of pyridine rings is 1. The summed E-state index contributed by atoms with van der Waals surface area (Å²) in [6, 6.07) is 3.60. The highest BCUT2D eigenvalue weighted by Gasteiger charge is 2.21. The lowest BCUT2D eigenvalue weighted by Crippen LogP contribution is -2.29. The Balaban J connectivity index is 1.89. The van der Waals surface area contributed by atoms with Crippen LogP contribution >= 0.6 is 11.6 Å². The summed E-state index contributed by atoms with van der Waals surface area (Å²) < 4.78 is 51.7. The van der Waals surface area contributed by atoms with Crippen molar-refractivity contribution in [1.29, 1.82) is 0 Å². The quantitative estimate of drug-likeness (QED) is 0.652. The average Bonchev–Trinajstić information content (AvgIpc) is 3.10. The third-order valence-corrected chi connectivity index (χ3v) is 5.17. The fourth-order valence-electron chi connectivity index (χ4n) is 2.52. The second-order valence-electron chi connectivity index (χ2n) is 6.13. The number of carbonyl (C=O) groups is 1. The number of rotatable bonds is 5. The molecule has 0 aliphatic rings. The molecule has 0 fully saturated rings. The molecule has 1 amide bonds. The van der Waals surface area contributed by atoms with Gasteiger partial charge in [0.2, 0.25) is 0 Å². The number of benzene rings is 1. The van der Waals surface area contributed by atoms with Crippen molar-refractivity contribution in [1.82, 2.24) is 25.1 Å². The first-order valence-electron chi connectivity index (χ1n) is 8.09. The van der Waals surface area contributed by atoms with Crippen LogP contribution in [0.1, 0.15) is 29.1 Å². The Morgan fingerprint density at radius 1 is 1.21 bits per heavy atom. The molecule has 1 aromatic carbocycles. The number of carbonyl (C=O) groups excluding carboxylic acids is 1. The molecule has 0 aliphatic heterocycles. The van der Waals surface area contributed by atoms with Gasteiger partial charge in [-0.05, 0) is 25.1 Å². The van der Waals surface area contributed by atoms with Gasteiger partial charge in [-0.3, -0.25) is 4.79 Å². The topological polar surface area (TPSA) is 107 Å². The molecular formula is C17H14ClF2N5O3S. The van der Waals surface area contributed by atoms with Gasteiger partial charge in [0.1, 0.15) is 12.1 Å². The second kappa shape index (κ2) is 7.84. The Labute approximate surface area is 169 Å². The summed E-state index contributed by atoms with van der Waals surface area (Å²) in [6.45, 7) is 1.56. The number of sulfone groups is 1. The van der Waals surface area contributed by atoms with E-state index < -0.39 is 33.4 Å². The smallest absolute Gasteiger partial charge is 0.251 e. The molecule has 1 atom stereocenters. The van der Waals surface area contributed by atoms with Gasteiger partial charge >= 0.3 is 0 Å². The van der Waals surface area contributed by atoms with Crippen molar-refractivity contribution in [2.45, 2.75) is 17.9 Å². The van der Waals surface area contributed by atoms with E-state index in [9.17, 15) is 22.0 Å². The normalized spacial score (nSPS) is 12.6. The number of amides is 1. The molecule has 1 N–H and O–H groups in total. The van der Waals surface area contributed by atoms with E-state index in [0.29, 0.717) is 6.07 Å². The molecule has 2 aromatic heterocycles. The molecule has 0 radical (unpaired) electrons. The van der Waals surface area contributed by atoms with Crippen LogP contribution in [0.3, 0.4) is 0 Å². The maximum atomic E-state index is 14.0. The van der Waals surface area contributed by atoms with Gasteiger partial charge in [0.25, 0.3) is 5.91 Å². The fraction of sp³-hybridized carbons (Fsp3) is 0.176. The summed E-state index contributed by atoms with van der Waals surface area (Å²) in [6.07, 6.45) is 2.95. The third kappa shape index (κ3) is 4.57. The zero-order valence-corrected chi connectivity index (χ0v) is 16.7. The molecule has 0 saturated heterocycles. The lowest BCUT2D eigenvalue weighted by molar-refractivity contribution is 0.0937. The van der Waals surface area contributed by atoms with Crippen molar-refractivity contribution in [3.63, 3.8) is 0 Å². The Hall–Kier alpha value is -2.92. The fourth-order valence-corrected chi connectivity index (χ4v) is 3.51. The van der Waals surface area contributed by atoms with Crippen molar-refractivity contribution in [3.8, 4) is 5.82 Å². The molecule has 0 aliphatic carbocycles. The van der Waals surface area contributed by atoms with Gasteiger partial charge < -0.3 is 5.32 Å². The van der Waals surface area contributed by atoms with E-state index in [2.05, 4.69) is 20.4 Å². The largest absolute Gasteiger partial charge is 0.342 e. The Bertz CT molecular complexity index is 1200. The van der Waals surface area contributed by atoms with E-state index in [1.807, 2.05) is 0 Å². The standard InChI is InChI=1S/C17H14ClF2N5O3S/c1-9(15-22-8-23-25(15)16-14(20)6-12(19)7-21-16)24-17(26)10-3-11(18)5-13(4-10)29(2,27)28/h3-9H,1-2H3,(H,24,26)/t9-/m1/s1. The summed E-state index contributed by atoms with van der Waals surface area (Å²) in [5.41, 5.74) is 0.0157. The van der Waals surface area contributed by atoms with Gasteiger partial charge in [-0.15, -0.1) is 0 Å². The summed E-state index contributed by atoms with van der Waals surface area (Å²) in [7, 11) is -3.58. The van der Waals surface area contributed by atoms with Crippen LogP contribution in [0.4, 0.5) is 8.78 Å². The molecule has 3 rings (SSSR count). The highest BCUT2D eigenvalue weighted by Crippen LogP contribution is 2.21. The first-order valence-corrected chi connectivity index (χ1v) is 10.4. The summed E-state index contributed by atoms with van der Waals surface area (Å²) >= 11 is 5.92. The molecule has 3 aromatic rings. The molecule has 12 heteroatoms. The maximum Gasteiger partial charge on any atom is 0.251 e. The maximum absolute atomic E-state index is 14.0. The molecular weight excluding hydrogens is 428 g/mol. The lowest BCUT2D eigenvalue weighted by atomic mass is 10.2. The van der Waals surface area contributed by atoms with Crippen molar-refractivity contribution >= 4 is 27.3 Å². The molecule has 0 bridgehead atoms. The SMILES string of the molecule is C[C@@H](NC(=O)c1cc(Cl)cc(S(C)(=O)=O)c1)c1ncnn1-c1ncc(F)cc1F. The van der Waals surface area contributed by atoms with Crippen LogP contribution in [-0.4, -0.2) is 40.3 Å². The van der Waals surface area contributed by atoms with Crippen LogP contribution in [-0.2, 0) is 9.84 Å². The van der Waals surface area contributed by atoms with E-state index in [1.165, 1.54) is 18.2 Å². The van der Waals surface area contributed by atoms with Gasteiger partial charge in [-0.2, -0.15) is 9.78 Å². The highest BCUT2D eigenvalue weighted by molar-refractivity contribution is 7.90. The van der Waals surface area contributed by atoms with Crippen LogP contribution in [0.15, 0.2) is 41.7 Å². The predicted molar refractivity (Wildman–Crippen MR) is 99.5 cm³/mol. The van der Waals surface area contributed by atoms with Gasteiger partial charge in [-0.1, -0.05) is 11.6 Å². The zero-order valence-electron chi connectivity index (χ0n) is 15.1. The second-order valence-corrected chi connectivity index (χ2v) is 8.58. The lowest BCUT2D eigenvalue weighted by Gasteiger charge is -2.15. The average molecular weight is 442 g/mol. The first-order chi connectivity index (χ1) is 13.6. The minimum atomic E-state index is -3.58.